The number of ether oxygens (including phenoxy) is 2. The molecule has 0 aromatic heterocycles. The minimum Gasteiger partial charge on any atom is -0.494 e. The second-order valence-corrected chi connectivity index (χ2v) is 4.36. The maximum Gasteiger partial charge on any atom is 0.119 e. The van der Waals surface area contributed by atoms with Gasteiger partial charge >= 0.3 is 0 Å². The quantitative estimate of drug-likeness (QED) is 0.496. The van der Waals surface area contributed by atoms with Crippen molar-refractivity contribution in [3.8, 4) is 5.75 Å². The van der Waals surface area contributed by atoms with Gasteiger partial charge in [0, 0.05) is 13.0 Å². The molecule has 0 aliphatic rings. The highest BCUT2D eigenvalue weighted by atomic mass is 35.5. The normalized spacial score (nSPS) is 10.5. The fourth-order valence-corrected chi connectivity index (χ4v) is 1.72. The van der Waals surface area contributed by atoms with E-state index in [0.29, 0.717) is 0 Å². The van der Waals surface area contributed by atoms with Gasteiger partial charge < -0.3 is 9.47 Å². The third-order valence-corrected chi connectivity index (χ3v) is 2.83. The summed E-state index contributed by atoms with van der Waals surface area (Å²) in [5.74, 6) is 1.69. The molecule has 0 saturated heterocycles. The minimum atomic E-state index is 0.744. The highest BCUT2D eigenvalue weighted by Gasteiger charge is 1.96. The van der Waals surface area contributed by atoms with Crippen LogP contribution in [0.3, 0.4) is 0 Å². The summed E-state index contributed by atoms with van der Waals surface area (Å²) >= 11 is 5.61. The molecule has 0 unspecified atom stereocenters. The van der Waals surface area contributed by atoms with Gasteiger partial charge in [0.15, 0.2) is 0 Å². The van der Waals surface area contributed by atoms with E-state index in [-0.39, 0.29) is 0 Å². The van der Waals surface area contributed by atoms with Crippen molar-refractivity contribution in [1.82, 2.24) is 0 Å². The highest BCUT2D eigenvalue weighted by Crippen LogP contribution is 2.13. The van der Waals surface area contributed by atoms with Gasteiger partial charge in [0.1, 0.15) is 5.75 Å². The van der Waals surface area contributed by atoms with Crippen molar-refractivity contribution in [2.45, 2.75) is 25.7 Å². The van der Waals surface area contributed by atoms with Crippen LogP contribution in [0.4, 0.5) is 0 Å². The summed E-state index contributed by atoms with van der Waals surface area (Å²) in [6.07, 6.45) is 4.22. The largest absolute Gasteiger partial charge is 0.494 e. The average molecular weight is 257 g/mol. The summed E-state index contributed by atoms with van der Waals surface area (Å²) < 4.78 is 10.7. The molecule has 0 bridgehead atoms. The van der Waals surface area contributed by atoms with Gasteiger partial charge in [0.2, 0.25) is 0 Å². The van der Waals surface area contributed by atoms with E-state index in [1.807, 2.05) is 12.1 Å². The predicted molar refractivity (Wildman–Crippen MR) is 72.1 cm³/mol. The lowest BCUT2D eigenvalue weighted by molar-refractivity contribution is 0.202. The summed E-state index contributed by atoms with van der Waals surface area (Å²) in [5, 5.41) is 0. The molecular formula is C14H21ClO2. The summed E-state index contributed by atoms with van der Waals surface area (Å²) in [5.41, 5.74) is 1.28. The Bertz CT molecular complexity index is 285. The second-order valence-electron chi connectivity index (χ2n) is 3.98. The average Bonchev–Trinajstić information content (AvgIpc) is 2.37. The smallest absolute Gasteiger partial charge is 0.119 e. The third kappa shape index (κ3) is 6.54. The zero-order chi connectivity index (χ0) is 12.3. The topological polar surface area (TPSA) is 18.5 Å². The molecule has 0 aliphatic heterocycles. The van der Waals surface area contributed by atoms with Gasteiger partial charge in [-0.2, -0.15) is 0 Å². The molecule has 0 fully saturated rings. The molecular weight excluding hydrogens is 236 g/mol. The van der Waals surface area contributed by atoms with Crippen LogP contribution in [0.1, 0.15) is 24.8 Å². The van der Waals surface area contributed by atoms with Gasteiger partial charge in [-0.3, -0.25) is 0 Å². The predicted octanol–water partition coefficient (Wildman–Crippen LogP) is 3.66. The molecule has 0 atom stereocenters. The molecule has 1 aromatic rings. The first-order valence-corrected chi connectivity index (χ1v) is 6.67. The van der Waals surface area contributed by atoms with E-state index in [1.165, 1.54) is 5.56 Å². The summed E-state index contributed by atoms with van der Waals surface area (Å²) in [4.78, 5) is 0. The van der Waals surface area contributed by atoms with Crippen LogP contribution in [0.25, 0.3) is 0 Å². The number of hydrogen-bond donors (Lipinski definition) is 0. The summed E-state index contributed by atoms with van der Waals surface area (Å²) in [6, 6.07) is 8.22. The first-order valence-electron chi connectivity index (χ1n) is 6.13. The minimum absolute atomic E-state index is 0.744. The number of unbranched alkanes of at least 4 members (excludes halogenated alkanes) is 2. The van der Waals surface area contributed by atoms with E-state index in [2.05, 4.69) is 12.1 Å². The molecule has 1 rings (SSSR count). The van der Waals surface area contributed by atoms with Crippen molar-refractivity contribution < 1.29 is 9.47 Å². The van der Waals surface area contributed by atoms with Gasteiger partial charge in [0.25, 0.3) is 0 Å². The van der Waals surface area contributed by atoms with Crippen LogP contribution < -0.4 is 4.74 Å². The standard InChI is InChI=1S/C14H21ClO2/c1-16-12-9-13-5-7-14(8-6-13)17-11-4-2-3-10-15/h5-8H,2-4,9-12H2,1H3. The van der Waals surface area contributed by atoms with Crippen molar-refractivity contribution in [1.29, 1.82) is 0 Å². The molecule has 0 N–H and O–H groups in total. The first kappa shape index (κ1) is 14.3. The van der Waals surface area contributed by atoms with Crippen LogP contribution in [0.5, 0.6) is 5.75 Å². The molecule has 0 aliphatic carbocycles. The van der Waals surface area contributed by atoms with Crippen molar-refractivity contribution in [2.75, 3.05) is 26.2 Å². The third-order valence-electron chi connectivity index (χ3n) is 2.56. The molecule has 0 radical (unpaired) electrons. The van der Waals surface area contributed by atoms with Crippen LogP contribution in [0.15, 0.2) is 24.3 Å². The Morgan fingerprint density at radius 1 is 1.00 bits per heavy atom. The number of hydrogen-bond acceptors (Lipinski definition) is 2. The van der Waals surface area contributed by atoms with Crippen molar-refractivity contribution in [3.63, 3.8) is 0 Å². The van der Waals surface area contributed by atoms with Crippen LogP contribution >= 0.6 is 11.6 Å². The van der Waals surface area contributed by atoms with E-state index in [4.69, 9.17) is 21.1 Å². The summed E-state index contributed by atoms with van der Waals surface area (Å²) in [7, 11) is 1.72. The molecule has 17 heavy (non-hydrogen) atoms. The van der Waals surface area contributed by atoms with Crippen molar-refractivity contribution >= 4 is 11.6 Å². The Labute approximate surface area is 109 Å². The van der Waals surface area contributed by atoms with E-state index in [9.17, 15) is 0 Å². The van der Waals surface area contributed by atoms with Gasteiger partial charge in [-0.15, -0.1) is 11.6 Å². The molecule has 2 nitrogen and oxygen atoms in total. The van der Waals surface area contributed by atoms with Crippen LogP contribution in [0.2, 0.25) is 0 Å². The molecule has 96 valence electrons. The Kier molecular flexibility index (Phi) is 7.85. The summed E-state index contributed by atoms with van der Waals surface area (Å²) in [6.45, 7) is 1.53. The fourth-order valence-electron chi connectivity index (χ4n) is 1.54. The maximum atomic E-state index is 5.64. The molecule has 0 spiro atoms. The Hall–Kier alpha value is -0.730. The maximum absolute atomic E-state index is 5.64. The number of benzene rings is 1. The van der Waals surface area contributed by atoms with E-state index >= 15 is 0 Å². The van der Waals surface area contributed by atoms with Gasteiger partial charge in [-0.25, -0.2) is 0 Å². The van der Waals surface area contributed by atoms with Crippen LogP contribution in [0, 0.1) is 0 Å². The molecule has 3 heteroatoms. The fraction of sp³-hybridized carbons (Fsp3) is 0.571. The van der Waals surface area contributed by atoms with Gasteiger partial charge in [-0.1, -0.05) is 12.1 Å². The van der Waals surface area contributed by atoms with Crippen LogP contribution in [-0.2, 0) is 11.2 Å². The Morgan fingerprint density at radius 3 is 2.41 bits per heavy atom. The number of alkyl halides is 1. The SMILES string of the molecule is COCCc1ccc(OCCCCCCl)cc1. The first-order chi connectivity index (χ1) is 8.36. The number of halogens is 1. The number of methoxy groups -OCH3 is 1. The number of rotatable bonds is 9. The molecule has 0 amide bonds. The lowest BCUT2D eigenvalue weighted by Gasteiger charge is -2.06. The van der Waals surface area contributed by atoms with E-state index < -0.39 is 0 Å². The van der Waals surface area contributed by atoms with Crippen molar-refractivity contribution in [3.05, 3.63) is 29.8 Å². The highest BCUT2D eigenvalue weighted by molar-refractivity contribution is 6.17. The Morgan fingerprint density at radius 2 is 1.76 bits per heavy atom. The molecule has 1 aromatic carbocycles. The van der Waals surface area contributed by atoms with Crippen molar-refractivity contribution in [2.24, 2.45) is 0 Å². The zero-order valence-electron chi connectivity index (χ0n) is 10.5. The van der Waals surface area contributed by atoms with Crippen LogP contribution in [-0.4, -0.2) is 26.2 Å². The Balaban J connectivity index is 2.20. The van der Waals surface area contributed by atoms with Gasteiger partial charge in [-0.05, 0) is 43.4 Å². The molecule has 0 heterocycles. The lowest BCUT2D eigenvalue weighted by Crippen LogP contribution is -1.98. The zero-order valence-corrected chi connectivity index (χ0v) is 11.2. The van der Waals surface area contributed by atoms with E-state index in [1.54, 1.807) is 7.11 Å². The molecule has 0 saturated carbocycles. The second kappa shape index (κ2) is 9.32. The van der Waals surface area contributed by atoms with Gasteiger partial charge in [0.05, 0.1) is 13.2 Å². The van der Waals surface area contributed by atoms with E-state index in [0.717, 1.165) is 50.5 Å². The lowest BCUT2D eigenvalue weighted by atomic mass is 10.1. The monoisotopic (exact) mass is 256 g/mol.